The maximum absolute atomic E-state index is 12.5. The van der Waals surface area contributed by atoms with Crippen molar-refractivity contribution in [2.24, 2.45) is 0 Å². The number of hydrogen-bond donors (Lipinski definition) is 1. The van der Waals surface area contributed by atoms with Crippen LogP contribution in [-0.2, 0) is 10.0 Å². The summed E-state index contributed by atoms with van der Waals surface area (Å²) >= 11 is 0. The Morgan fingerprint density at radius 2 is 1.88 bits per heavy atom. The Hall–Kier alpha value is -2.80. The van der Waals surface area contributed by atoms with Gasteiger partial charge in [-0.1, -0.05) is 6.07 Å². The first-order chi connectivity index (χ1) is 11.5. The molecule has 6 nitrogen and oxygen atoms in total. The lowest BCUT2D eigenvalue weighted by Crippen LogP contribution is -2.15. The van der Waals surface area contributed by atoms with Gasteiger partial charge in [0.1, 0.15) is 5.75 Å². The highest BCUT2D eigenvalue weighted by Gasteiger charge is 2.17. The highest BCUT2D eigenvalue weighted by Crippen LogP contribution is 2.23. The van der Waals surface area contributed by atoms with Crippen molar-refractivity contribution in [1.82, 2.24) is 9.55 Å². The number of benzene rings is 1. The summed E-state index contributed by atoms with van der Waals surface area (Å²) in [7, 11) is -2.27. The van der Waals surface area contributed by atoms with E-state index in [4.69, 9.17) is 4.74 Å². The van der Waals surface area contributed by atoms with Crippen molar-refractivity contribution in [2.45, 2.75) is 11.9 Å². The molecule has 2 heterocycles. The van der Waals surface area contributed by atoms with Gasteiger partial charge in [-0.3, -0.25) is 4.72 Å². The minimum atomic E-state index is -3.77. The van der Waals surface area contributed by atoms with Crippen molar-refractivity contribution < 1.29 is 13.2 Å². The van der Waals surface area contributed by atoms with Crippen molar-refractivity contribution in [2.75, 3.05) is 11.8 Å². The summed E-state index contributed by atoms with van der Waals surface area (Å²) in [6.07, 6.45) is 5.17. The smallest absolute Gasteiger partial charge is 0.279 e. The van der Waals surface area contributed by atoms with Gasteiger partial charge in [-0.05, 0) is 48.9 Å². The van der Waals surface area contributed by atoms with E-state index in [1.165, 1.54) is 19.4 Å². The molecule has 24 heavy (non-hydrogen) atoms. The van der Waals surface area contributed by atoms with Gasteiger partial charge in [0.25, 0.3) is 10.0 Å². The first-order valence-electron chi connectivity index (χ1n) is 7.26. The molecule has 124 valence electrons. The van der Waals surface area contributed by atoms with Crippen LogP contribution in [0, 0.1) is 6.92 Å². The number of aromatic nitrogens is 2. The van der Waals surface area contributed by atoms with Crippen molar-refractivity contribution in [1.29, 1.82) is 0 Å². The summed E-state index contributed by atoms with van der Waals surface area (Å²) in [6, 6.07) is 12.4. The minimum absolute atomic E-state index is 0.0610. The van der Waals surface area contributed by atoms with Gasteiger partial charge in [0.2, 0.25) is 0 Å². The quantitative estimate of drug-likeness (QED) is 0.773. The van der Waals surface area contributed by atoms with Gasteiger partial charge in [0.05, 0.1) is 19.0 Å². The number of nitrogens with zero attached hydrogens (tertiary/aromatic N) is 2. The molecule has 0 unspecified atom stereocenters. The predicted molar refractivity (Wildman–Crippen MR) is 92.1 cm³/mol. The lowest BCUT2D eigenvalue weighted by Gasteiger charge is -2.12. The molecule has 0 saturated carbocycles. The van der Waals surface area contributed by atoms with Crippen LogP contribution in [0.4, 0.5) is 5.69 Å². The molecule has 0 aliphatic rings. The maximum atomic E-state index is 12.5. The molecule has 0 aliphatic carbocycles. The van der Waals surface area contributed by atoms with Gasteiger partial charge in [-0.15, -0.1) is 0 Å². The number of nitrogens with one attached hydrogen (secondary N) is 1. The Morgan fingerprint density at radius 1 is 1.12 bits per heavy atom. The van der Waals surface area contributed by atoms with Crippen molar-refractivity contribution in [3.05, 3.63) is 66.6 Å². The Morgan fingerprint density at radius 3 is 2.50 bits per heavy atom. The number of anilines is 1. The topological polar surface area (TPSA) is 73.2 Å². The van der Waals surface area contributed by atoms with E-state index in [2.05, 4.69) is 9.71 Å². The lowest BCUT2D eigenvalue weighted by atomic mass is 10.2. The van der Waals surface area contributed by atoms with E-state index in [1.54, 1.807) is 12.1 Å². The van der Waals surface area contributed by atoms with Crippen LogP contribution in [0.25, 0.3) is 5.69 Å². The summed E-state index contributed by atoms with van der Waals surface area (Å²) in [6.45, 7) is 1.85. The van der Waals surface area contributed by atoms with Crippen LogP contribution >= 0.6 is 0 Å². The van der Waals surface area contributed by atoms with Gasteiger partial charge >= 0.3 is 0 Å². The van der Waals surface area contributed by atoms with E-state index < -0.39 is 10.0 Å². The van der Waals surface area contributed by atoms with Crippen LogP contribution in [0.3, 0.4) is 0 Å². The second-order valence-electron chi connectivity index (χ2n) is 5.23. The molecule has 0 amide bonds. The zero-order valence-electron chi connectivity index (χ0n) is 13.3. The van der Waals surface area contributed by atoms with Crippen LogP contribution in [0.2, 0.25) is 0 Å². The summed E-state index contributed by atoms with van der Waals surface area (Å²) < 4.78 is 34.6. The highest BCUT2D eigenvalue weighted by molar-refractivity contribution is 7.92. The number of methoxy groups -OCH3 is 1. The molecule has 3 rings (SSSR count). The Kier molecular flexibility index (Phi) is 4.26. The normalized spacial score (nSPS) is 11.2. The van der Waals surface area contributed by atoms with Crippen LogP contribution in [0.1, 0.15) is 5.56 Å². The average molecular weight is 343 g/mol. The fourth-order valence-electron chi connectivity index (χ4n) is 2.23. The Labute approximate surface area is 140 Å². The summed E-state index contributed by atoms with van der Waals surface area (Å²) in [5.74, 6) is 0.500. The zero-order chi connectivity index (χ0) is 17.2. The molecule has 0 bridgehead atoms. The van der Waals surface area contributed by atoms with E-state index >= 15 is 0 Å². The third-order valence-corrected chi connectivity index (χ3v) is 4.87. The monoisotopic (exact) mass is 343 g/mol. The van der Waals surface area contributed by atoms with Crippen LogP contribution in [0.15, 0.2) is 66.1 Å². The first kappa shape index (κ1) is 16.1. The number of hydrogen-bond acceptors (Lipinski definition) is 4. The standard InChI is InChI=1S/C17H17N3O3S/c1-13-5-6-14(20-9-3-4-10-20)11-16(13)19-24(21,22)17-8-7-15(23-2)12-18-17/h3-12,19H,1-2H3. The molecule has 3 aromatic rings. The molecule has 0 atom stereocenters. The van der Waals surface area contributed by atoms with Crippen molar-refractivity contribution >= 4 is 15.7 Å². The molecule has 0 saturated heterocycles. The molecule has 0 spiro atoms. The molecular formula is C17H17N3O3S. The first-order valence-corrected chi connectivity index (χ1v) is 8.75. The average Bonchev–Trinajstić information content (AvgIpc) is 3.11. The maximum Gasteiger partial charge on any atom is 0.279 e. The fraction of sp³-hybridized carbons (Fsp3) is 0.118. The predicted octanol–water partition coefficient (Wildman–Crippen LogP) is 2.99. The third kappa shape index (κ3) is 3.26. The van der Waals surface area contributed by atoms with E-state index in [-0.39, 0.29) is 5.03 Å². The second kappa shape index (κ2) is 6.37. The Balaban J connectivity index is 1.93. The number of pyridine rings is 1. The Bertz CT molecular complexity index is 934. The number of sulfonamides is 1. The largest absolute Gasteiger partial charge is 0.495 e. The molecule has 2 aromatic heterocycles. The number of aryl methyl sites for hydroxylation is 1. The fourth-order valence-corrected chi connectivity index (χ4v) is 3.28. The van der Waals surface area contributed by atoms with E-state index in [0.29, 0.717) is 11.4 Å². The molecule has 7 heteroatoms. The van der Waals surface area contributed by atoms with Crippen molar-refractivity contribution in [3.63, 3.8) is 0 Å². The molecule has 0 aliphatic heterocycles. The zero-order valence-corrected chi connectivity index (χ0v) is 14.1. The van der Waals surface area contributed by atoms with Gasteiger partial charge in [0, 0.05) is 18.1 Å². The van der Waals surface area contributed by atoms with Crippen LogP contribution in [-0.4, -0.2) is 25.1 Å². The molecule has 1 N–H and O–H groups in total. The van der Waals surface area contributed by atoms with Gasteiger partial charge in [-0.25, -0.2) is 4.98 Å². The minimum Gasteiger partial charge on any atom is -0.495 e. The van der Waals surface area contributed by atoms with Crippen LogP contribution in [0.5, 0.6) is 5.75 Å². The van der Waals surface area contributed by atoms with Crippen molar-refractivity contribution in [3.8, 4) is 11.4 Å². The second-order valence-corrected chi connectivity index (χ2v) is 6.86. The molecule has 1 aromatic carbocycles. The van der Waals surface area contributed by atoms with Crippen LogP contribution < -0.4 is 9.46 Å². The summed E-state index contributed by atoms with van der Waals surface area (Å²) in [4.78, 5) is 3.94. The summed E-state index contributed by atoms with van der Waals surface area (Å²) in [5, 5.41) is -0.0610. The SMILES string of the molecule is COc1ccc(S(=O)(=O)Nc2cc(-n3cccc3)ccc2C)nc1. The molecule has 0 radical (unpaired) electrons. The highest BCUT2D eigenvalue weighted by atomic mass is 32.2. The number of ether oxygens (including phenoxy) is 1. The molecule has 0 fully saturated rings. The van der Waals surface area contributed by atoms with Gasteiger partial charge in [0.15, 0.2) is 5.03 Å². The van der Waals surface area contributed by atoms with Gasteiger partial charge in [-0.2, -0.15) is 8.42 Å². The van der Waals surface area contributed by atoms with E-state index in [9.17, 15) is 8.42 Å². The third-order valence-electron chi connectivity index (χ3n) is 3.59. The van der Waals surface area contributed by atoms with Gasteiger partial charge < -0.3 is 9.30 Å². The van der Waals surface area contributed by atoms with E-state index in [1.807, 2.05) is 48.1 Å². The molecular weight excluding hydrogens is 326 g/mol. The van der Waals surface area contributed by atoms with E-state index in [0.717, 1.165) is 11.3 Å². The number of rotatable bonds is 5. The lowest BCUT2D eigenvalue weighted by molar-refractivity contribution is 0.412. The summed E-state index contributed by atoms with van der Waals surface area (Å²) in [5.41, 5.74) is 2.20.